The first-order valence-electron chi connectivity index (χ1n) is 8.92. The minimum Gasteiger partial charge on any atom is -0.440 e. The predicted molar refractivity (Wildman–Crippen MR) is 104 cm³/mol. The summed E-state index contributed by atoms with van der Waals surface area (Å²) in [5.74, 6) is 0.807. The minimum atomic E-state index is -3.70. The number of benzene rings is 2. The van der Waals surface area contributed by atoms with Crippen LogP contribution in [0.3, 0.4) is 0 Å². The van der Waals surface area contributed by atoms with Crippen molar-refractivity contribution in [3.63, 3.8) is 0 Å². The zero-order chi connectivity index (χ0) is 19.9. The third-order valence-electron chi connectivity index (χ3n) is 5.06. The molecule has 1 aliphatic heterocycles. The monoisotopic (exact) mass is 401 g/mol. The first-order chi connectivity index (χ1) is 13.3. The van der Waals surface area contributed by atoms with Gasteiger partial charge in [0.1, 0.15) is 16.1 Å². The second-order valence-corrected chi connectivity index (χ2v) is 8.92. The van der Waals surface area contributed by atoms with Crippen molar-refractivity contribution in [1.82, 2.24) is 4.98 Å². The molecule has 0 atom stereocenters. The Bertz CT molecular complexity index is 1110. The smallest absolute Gasteiger partial charge is 0.311 e. The maximum absolute atomic E-state index is 12.0. The summed E-state index contributed by atoms with van der Waals surface area (Å²) in [4.78, 5) is 17.2. The largest absolute Gasteiger partial charge is 0.440 e. The van der Waals surface area contributed by atoms with Crippen LogP contribution in [0, 0.1) is 10.1 Å². The highest BCUT2D eigenvalue weighted by Crippen LogP contribution is 2.38. The van der Waals surface area contributed by atoms with E-state index in [1.165, 1.54) is 6.07 Å². The SMILES string of the molecule is CS(=O)(=O)c1cccc(N2CCC(c3nc4ccccc4o3)CC2)c1[N+](=O)[O-]. The van der Waals surface area contributed by atoms with E-state index in [4.69, 9.17) is 4.42 Å². The van der Waals surface area contributed by atoms with Crippen molar-refractivity contribution >= 4 is 32.3 Å². The Balaban J connectivity index is 1.59. The van der Waals surface area contributed by atoms with Crippen molar-refractivity contribution in [2.75, 3.05) is 24.2 Å². The molecule has 2 aromatic carbocycles. The first kappa shape index (κ1) is 18.4. The summed E-state index contributed by atoms with van der Waals surface area (Å²) >= 11 is 0. The molecule has 3 aromatic rings. The number of nitro benzene ring substituents is 1. The Morgan fingerprint density at radius 2 is 1.86 bits per heavy atom. The zero-order valence-corrected chi connectivity index (χ0v) is 16.1. The molecule has 146 valence electrons. The highest BCUT2D eigenvalue weighted by Gasteiger charge is 2.32. The van der Waals surface area contributed by atoms with Crippen LogP contribution >= 0.6 is 0 Å². The van der Waals surface area contributed by atoms with Crippen LogP contribution in [-0.2, 0) is 9.84 Å². The maximum Gasteiger partial charge on any atom is 0.311 e. The number of oxazole rings is 1. The molecule has 9 heteroatoms. The molecule has 4 rings (SSSR count). The number of piperidine rings is 1. The Labute approximate surface area is 161 Å². The topological polar surface area (TPSA) is 107 Å². The van der Waals surface area contributed by atoms with Crippen LogP contribution in [0.25, 0.3) is 11.1 Å². The van der Waals surface area contributed by atoms with E-state index in [2.05, 4.69) is 4.98 Å². The van der Waals surface area contributed by atoms with E-state index in [0.29, 0.717) is 37.5 Å². The number of fused-ring (bicyclic) bond motifs is 1. The number of hydrogen-bond donors (Lipinski definition) is 0. The van der Waals surface area contributed by atoms with Crippen LogP contribution in [0.15, 0.2) is 51.8 Å². The third-order valence-corrected chi connectivity index (χ3v) is 6.18. The van der Waals surface area contributed by atoms with Gasteiger partial charge < -0.3 is 9.32 Å². The average Bonchev–Trinajstić information content (AvgIpc) is 3.11. The molecule has 0 spiro atoms. The van der Waals surface area contributed by atoms with E-state index in [0.717, 1.165) is 17.4 Å². The van der Waals surface area contributed by atoms with Gasteiger partial charge in [0.15, 0.2) is 21.3 Å². The number of rotatable bonds is 4. The van der Waals surface area contributed by atoms with Gasteiger partial charge in [-0.05, 0) is 37.1 Å². The van der Waals surface area contributed by atoms with E-state index < -0.39 is 14.8 Å². The summed E-state index contributed by atoms with van der Waals surface area (Å²) < 4.78 is 29.8. The molecule has 0 N–H and O–H groups in total. The molecule has 0 saturated carbocycles. The molecule has 0 unspecified atom stereocenters. The Hall–Kier alpha value is -2.94. The van der Waals surface area contributed by atoms with Gasteiger partial charge in [-0.2, -0.15) is 0 Å². The van der Waals surface area contributed by atoms with E-state index in [-0.39, 0.29) is 16.5 Å². The summed E-state index contributed by atoms with van der Waals surface area (Å²) in [7, 11) is -3.70. The zero-order valence-electron chi connectivity index (χ0n) is 15.2. The lowest BCUT2D eigenvalue weighted by Crippen LogP contribution is -2.33. The van der Waals surface area contributed by atoms with Crippen LogP contribution in [-0.4, -0.2) is 37.7 Å². The molecule has 2 heterocycles. The number of para-hydroxylation sites is 3. The molecule has 1 aromatic heterocycles. The van der Waals surface area contributed by atoms with Crippen molar-refractivity contribution in [1.29, 1.82) is 0 Å². The van der Waals surface area contributed by atoms with Gasteiger partial charge in [-0.3, -0.25) is 10.1 Å². The number of hydrogen-bond acceptors (Lipinski definition) is 7. The van der Waals surface area contributed by atoms with Gasteiger partial charge >= 0.3 is 5.69 Å². The molecule has 0 radical (unpaired) electrons. The van der Waals surface area contributed by atoms with E-state index in [1.54, 1.807) is 12.1 Å². The summed E-state index contributed by atoms with van der Waals surface area (Å²) in [5.41, 5.74) is 1.54. The molecular weight excluding hydrogens is 382 g/mol. The van der Waals surface area contributed by atoms with Crippen molar-refractivity contribution in [3.05, 3.63) is 58.5 Å². The lowest BCUT2D eigenvalue weighted by atomic mass is 9.96. The van der Waals surface area contributed by atoms with Crippen molar-refractivity contribution in [2.24, 2.45) is 0 Å². The first-order valence-corrected chi connectivity index (χ1v) is 10.8. The predicted octanol–water partition coefficient (Wildman–Crippen LogP) is 3.52. The quantitative estimate of drug-likeness (QED) is 0.486. The van der Waals surface area contributed by atoms with Gasteiger partial charge in [-0.25, -0.2) is 13.4 Å². The third kappa shape index (κ3) is 3.33. The number of aromatic nitrogens is 1. The fraction of sp³-hybridized carbons (Fsp3) is 0.316. The van der Waals surface area contributed by atoms with Crippen molar-refractivity contribution < 1.29 is 17.8 Å². The number of nitrogens with zero attached hydrogens (tertiary/aromatic N) is 3. The van der Waals surface area contributed by atoms with Gasteiger partial charge in [0.2, 0.25) is 0 Å². The number of nitro groups is 1. The second-order valence-electron chi connectivity index (χ2n) is 6.93. The van der Waals surface area contributed by atoms with Gasteiger partial charge in [0.05, 0.1) is 4.92 Å². The minimum absolute atomic E-state index is 0.126. The molecule has 28 heavy (non-hydrogen) atoms. The lowest BCUT2D eigenvalue weighted by Gasteiger charge is -2.32. The molecular formula is C19H19N3O5S. The highest BCUT2D eigenvalue weighted by atomic mass is 32.2. The number of anilines is 1. The molecule has 0 aliphatic carbocycles. The normalized spacial score (nSPS) is 15.8. The van der Waals surface area contributed by atoms with Gasteiger partial charge in [0, 0.05) is 25.3 Å². The Kier molecular flexibility index (Phi) is 4.54. The Morgan fingerprint density at radius 1 is 1.14 bits per heavy atom. The highest BCUT2D eigenvalue weighted by molar-refractivity contribution is 7.90. The fourth-order valence-corrected chi connectivity index (χ4v) is 4.54. The van der Waals surface area contributed by atoms with E-state index in [1.807, 2.05) is 29.2 Å². The average molecular weight is 401 g/mol. The lowest BCUT2D eigenvalue weighted by molar-refractivity contribution is -0.387. The van der Waals surface area contributed by atoms with E-state index >= 15 is 0 Å². The van der Waals surface area contributed by atoms with Crippen LogP contribution in [0.4, 0.5) is 11.4 Å². The van der Waals surface area contributed by atoms with Gasteiger partial charge in [0.25, 0.3) is 0 Å². The summed E-state index contributed by atoms with van der Waals surface area (Å²) in [6, 6.07) is 12.0. The van der Waals surface area contributed by atoms with Crippen LogP contribution in [0.1, 0.15) is 24.7 Å². The van der Waals surface area contributed by atoms with Gasteiger partial charge in [-0.15, -0.1) is 0 Å². The standard InChI is InChI=1S/C19H19N3O5S/c1-28(25,26)17-8-4-6-15(18(17)22(23)24)21-11-9-13(10-12-21)19-20-14-5-2-3-7-16(14)27-19/h2-8,13H,9-12H2,1H3. The molecule has 0 bridgehead atoms. The van der Waals surface area contributed by atoms with Gasteiger partial charge in [-0.1, -0.05) is 18.2 Å². The summed E-state index contributed by atoms with van der Waals surface area (Å²) in [6.07, 6.45) is 2.42. The van der Waals surface area contributed by atoms with Crippen LogP contribution in [0.2, 0.25) is 0 Å². The van der Waals surface area contributed by atoms with Crippen molar-refractivity contribution in [3.8, 4) is 0 Å². The van der Waals surface area contributed by atoms with Crippen molar-refractivity contribution in [2.45, 2.75) is 23.7 Å². The molecule has 1 saturated heterocycles. The van der Waals surface area contributed by atoms with E-state index in [9.17, 15) is 18.5 Å². The molecule has 0 amide bonds. The van der Waals surface area contributed by atoms with Crippen LogP contribution in [0.5, 0.6) is 0 Å². The summed E-state index contributed by atoms with van der Waals surface area (Å²) in [5, 5.41) is 11.6. The second kappa shape index (κ2) is 6.90. The number of sulfone groups is 1. The Morgan fingerprint density at radius 3 is 2.50 bits per heavy atom. The molecule has 1 aliphatic rings. The fourth-order valence-electron chi connectivity index (χ4n) is 3.68. The van der Waals surface area contributed by atoms with Crippen LogP contribution < -0.4 is 4.90 Å². The maximum atomic E-state index is 12.0. The molecule has 8 nitrogen and oxygen atoms in total. The summed E-state index contributed by atoms with van der Waals surface area (Å²) in [6.45, 7) is 1.11. The molecule has 1 fully saturated rings.